The van der Waals surface area contributed by atoms with E-state index in [2.05, 4.69) is 4.98 Å². The first-order valence-electron chi connectivity index (χ1n) is 3.81. The zero-order chi connectivity index (χ0) is 10.6. The average Bonchev–Trinajstić information content (AvgIpc) is 2.14. The molecular weight excluding hydrogens is 194 g/mol. The van der Waals surface area contributed by atoms with E-state index in [1.807, 2.05) is 0 Å². The van der Waals surface area contributed by atoms with Crippen molar-refractivity contribution in [2.45, 2.75) is 0 Å². The number of carbonyl (C=O) groups is 1. The number of aldehydes is 1. The Kier molecular flexibility index (Phi) is 3.06. The van der Waals surface area contributed by atoms with E-state index < -0.39 is 6.98 Å². The molecule has 0 radical (unpaired) electrons. The summed E-state index contributed by atoms with van der Waals surface area (Å²) in [4.78, 5) is 14.0. The fourth-order valence-electron chi connectivity index (χ4n) is 0.877. The highest BCUT2D eigenvalue weighted by atomic mass is 19.4. The molecule has 0 unspecified atom stereocenters. The lowest BCUT2D eigenvalue weighted by atomic mass is 9.90. The van der Waals surface area contributed by atoms with Crippen LogP contribution >= 0.6 is 0 Å². The Morgan fingerprint density at radius 1 is 1.29 bits per heavy atom. The van der Waals surface area contributed by atoms with Crippen LogP contribution < -0.4 is 0 Å². The summed E-state index contributed by atoms with van der Waals surface area (Å²) in [7, 11) is 0. The second-order valence-corrected chi connectivity index (χ2v) is 2.61. The lowest BCUT2D eigenvalue weighted by molar-refractivity contribution is 0.112. The number of halogens is 3. The molecule has 0 saturated carbocycles. The molecule has 14 heavy (non-hydrogen) atoms. The summed E-state index contributed by atoms with van der Waals surface area (Å²) < 4.78 is 35.5. The summed E-state index contributed by atoms with van der Waals surface area (Å²) in [5.41, 5.74) is 0.359. The summed E-state index contributed by atoms with van der Waals surface area (Å²) >= 11 is 0. The highest BCUT2D eigenvalue weighted by molar-refractivity contribution is 6.64. The van der Waals surface area contributed by atoms with Crippen molar-refractivity contribution in [3.63, 3.8) is 0 Å². The van der Waals surface area contributed by atoms with Gasteiger partial charge >= 0.3 is 6.98 Å². The number of carbonyl (C=O) groups excluding carboxylic acids is 1. The second-order valence-electron chi connectivity index (χ2n) is 2.61. The zero-order valence-electron chi connectivity index (χ0n) is 7.03. The van der Waals surface area contributed by atoms with Gasteiger partial charge in [-0.25, -0.2) is 0 Å². The van der Waals surface area contributed by atoms with Gasteiger partial charge in [-0.05, 0) is 11.6 Å². The molecule has 0 N–H and O–H groups in total. The van der Waals surface area contributed by atoms with Crippen LogP contribution in [0.5, 0.6) is 0 Å². The molecule has 6 heteroatoms. The molecule has 0 fully saturated rings. The highest BCUT2D eigenvalue weighted by Gasteiger charge is 2.17. The van der Waals surface area contributed by atoms with Crippen molar-refractivity contribution < 1.29 is 17.7 Å². The van der Waals surface area contributed by atoms with Crippen molar-refractivity contribution in [1.29, 1.82) is 0 Å². The first-order valence-corrected chi connectivity index (χ1v) is 3.81. The topological polar surface area (TPSA) is 30.0 Å². The number of pyridine rings is 1. The summed E-state index contributed by atoms with van der Waals surface area (Å²) in [5, 5.41) is 0. The van der Waals surface area contributed by atoms with Gasteiger partial charge in [-0.3, -0.25) is 9.78 Å². The Morgan fingerprint density at radius 2 is 2.00 bits per heavy atom. The quantitative estimate of drug-likeness (QED) is 0.553. The Morgan fingerprint density at radius 3 is 2.57 bits per heavy atom. The molecule has 0 aromatic carbocycles. The molecule has 1 heterocycles. The highest BCUT2D eigenvalue weighted by Crippen LogP contribution is 2.13. The zero-order valence-corrected chi connectivity index (χ0v) is 7.03. The minimum absolute atomic E-state index is 0.129. The van der Waals surface area contributed by atoms with Crippen LogP contribution in [0.3, 0.4) is 0 Å². The number of rotatable bonds is 3. The third-order valence-corrected chi connectivity index (χ3v) is 1.51. The van der Waals surface area contributed by atoms with Crippen molar-refractivity contribution in [1.82, 2.24) is 4.98 Å². The van der Waals surface area contributed by atoms with Gasteiger partial charge in [-0.2, -0.15) is 0 Å². The van der Waals surface area contributed by atoms with Gasteiger partial charge in [0.15, 0.2) is 6.29 Å². The maximum Gasteiger partial charge on any atom is 0.502 e. The van der Waals surface area contributed by atoms with Gasteiger partial charge < -0.3 is 12.9 Å². The molecule has 0 bridgehead atoms. The fourth-order valence-corrected chi connectivity index (χ4v) is 0.877. The summed E-state index contributed by atoms with van der Waals surface area (Å²) in [6, 6.07) is 1.36. The monoisotopic (exact) mass is 200 g/mol. The van der Waals surface area contributed by atoms with Gasteiger partial charge in [0.25, 0.3) is 0 Å². The van der Waals surface area contributed by atoms with Crippen LogP contribution in [0.4, 0.5) is 12.9 Å². The van der Waals surface area contributed by atoms with Gasteiger partial charge in [0.2, 0.25) is 0 Å². The lowest BCUT2D eigenvalue weighted by Gasteiger charge is -2.06. The molecule has 0 aliphatic carbocycles. The predicted molar refractivity (Wildman–Crippen MR) is 47.7 cm³/mol. The number of hydrogen-bond acceptors (Lipinski definition) is 2. The number of aromatic nitrogens is 1. The van der Waals surface area contributed by atoms with E-state index in [0.717, 1.165) is 6.08 Å². The van der Waals surface area contributed by atoms with Crippen LogP contribution in [0.1, 0.15) is 15.9 Å². The van der Waals surface area contributed by atoms with E-state index in [1.165, 1.54) is 18.5 Å². The Balaban J connectivity index is 2.97. The SMILES string of the molecule is O=Cc1ccncc1/C=C/[B-](F)(F)F. The maximum atomic E-state index is 11.8. The third kappa shape index (κ3) is 3.04. The van der Waals surface area contributed by atoms with Crippen LogP contribution in [0.2, 0.25) is 0 Å². The van der Waals surface area contributed by atoms with Crippen LogP contribution in [0.25, 0.3) is 6.08 Å². The lowest BCUT2D eigenvalue weighted by Crippen LogP contribution is -2.09. The molecule has 0 aliphatic heterocycles. The summed E-state index contributed by atoms with van der Waals surface area (Å²) in [5.74, 6) is 0.129. The Hall–Kier alpha value is -1.59. The third-order valence-electron chi connectivity index (χ3n) is 1.51. The van der Waals surface area contributed by atoms with Crippen LogP contribution in [-0.2, 0) is 0 Å². The van der Waals surface area contributed by atoms with Gasteiger partial charge in [0.05, 0.1) is 0 Å². The molecule has 1 aromatic rings. The van der Waals surface area contributed by atoms with E-state index in [-0.39, 0.29) is 17.1 Å². The normalized spacial score (nSPS) is 11.9. The first kappa shape index (κ1) is 10.5. The molecule has 74 valence electrons. The molecule has 2 nitrogen and oxygen atoms in total. The molecule has 1 aromatic heterocycles. The summed E-state index contributed by atoms with van der Waals surface area (Å²) in [6.45, 7) is -4.97. The maximum absolute atomic E-state index is 11.8. The number of nitrogens with zero attached hydrogens (tertiary/aromatic N) is 1. The molecule has 0 atom stereocenters. The summed E-state index contributed by atoms with van der Waals surface area (Å²) in [6.07, 6.45) is 3.89. The van der Waals surface area contributed by atoms with Crippen molar-refractivity contribution in [2.75, 3.05) is 0 Å². The van der Waals surface area contributed by atoms with Crippen molar-refractivity contribution in [2.24, 2.45) is 0 Å². The fraction of sp³-hybridized carbons (Fsp3) is 0. The van der Waals surface area contributed by atoms with Crippen LogP contribution in [-0.4, -0.2) is 18.2 Å². The molecule has 0 aliphatic rings. The minimum atomic E-state index is -4.97. The molecule has 0 amide bonds. The largest absolute Gasteiger partial charge is 0.502 e. The van der Waals surface area contributed by atoms with Crippen LogP contribution in [0, 0.1) is 0 Å². The van der Waals surface area contributed by atoms with Gasteiger partial charge in [0.1, 0.15) is 0 Å². The molecular formula is C8H6BF3NO-. The minimum Gasteiger partial charge on any atom is -0.445 e. The van der Waals surface area contributed by atoms with E-state index in [9.17, 15) is 17.7 Å². The first-order chi connectivity index (χ1) is 6.53. The molecule has 0 saturated heterocycles. The average molecular weight is 200 g/mol. The van der Waals surface area contributed by atoms with E-state index in [1.54, 1.807) is 0 Å². The van der Waals surface area contributed by atoms with Crippen molar-refractivity contribution in [3.8, 4) is 0 Å². The van der Waals surface area contributed by atoms with Gasteiger partial charge in [-0.1, -0.05) is 6.08 Å². The second kappa shape index (κ2) is 4.08. The van der Waals surface area contributed by atoms with Crippen molar-refractivity contribution in [3.05, 3.63) is 35.6 Å². The number of hydrogen-bond donors (Lipinski definition) is 0. The molecule has 1 rings (SSSR count). The smallest absolute Gasteiger partial charge is 0.445 e. The van der Waals surface area contributed by atoms with E-state index >= 15 is 0 Å². The standard InChI is InChI=1S/C8H6BF3NO/c10-9(11,12)3-1-7-5-13-4-2-8(7)6-14/h1-6H/q-1/b3-1+. The van der Waals surface area contributed by atoms with E-state index in [0.29, 0.717) is 6.29 Å². The van der Waals surface area contributed by atoms with E-state index in [4.69, 9.17) is 0 Å². The Bertz CT molecular complexity index is 362. The van der Waals surface area contributed by atoms with Gasteiger partial charge in [0, 0.05) is 18.0 Å². The van der Waals surface area contributed by atoms with Crippen molar-refractivity contribution >= 4 is 19.3 Å². The predicted octanol–water partition coefficient (Wildman–Crippen LogP) is 2.29. The Labute approximate surface area is 78.5 Å². The molecule has 0 spiro atoms. The van der Waals surface area contributed by atoms with Crippen LogP contribution in [0.15, 0.2) is 24.4 Å². The van der Waals surface area contributed by atoms with Gasteiger partial charge in [-0.15, -0.1) is 5.98 Å².